The fourth-order valence-electron chi connectivity index (χ4n) is 2.61. The minimum atomic E-state index is -0.167. The van der Waals surface area contributed by atoms with Gasteiger partial charge in [0.15, 0.2) is 18.1 Å². The highest BCUT2D eigenvalue weighted by Crippen LogP contribution is 2.26. The van der Waals surface area contributed by atoms with Gasteiger partial charge in [0.25, 0.3) is 11.5 Å². The maximum Gasteiger partial charge on any atom is 0.269 e. The van der Waals surface area contributed by atoms with Gasteiger partial charge in [0.2, 0.25) is 0 Å². The fourth-order valence-corrected chi connectivity index (χ4v) is 2.61. The van der Waals surface area contributed by atoms with Gasteiger partial charge in [-0.05, 0) is 19.1 Å². The van der Waals surface area contributed by atoms with Gasteiger partial charge in [-0.2, -0.15) is 0 Å². The summed E-state index contributed by atoms with van der Waals surface area (Å²) in [6.07, 6.45) is 0.634. The van der Waals surface area contributed by atoms with Gasteiger partial charge < -0.3 is 19.5 Å². The quantitative estimate of drug-likeness (QED) is 0.863. The van der Waals surface area contributed by atoms with Gasteiger partial charge in [0.1, 0.15) is 0 Å². The number of aromatic nitrogens is 2. The van der Waals surface area contributed by atoms with E-state index in [9.17, 15) is 9.59 Å². The van der Waals surface area contributed by atoms with E-state index < -0.39 is 0 Å². The Balaban J connectivity index is 1.62. The number of rotatable bonds is 5. The standard InChI is InChI=1S/C16H19N3O4/c1-2-22-13-5-3-4-6-14(13)23-10-15(20)19-8-7-12-11(9-19)16(21)18-17-12/h3-6H,2,7-10H2,1H3,(H2,17,18,21). The van der Waals surface area contributed by atoms with E-state index in [1.54, 1.807) is 17.0 Å². The van der Waals surface area contributed by atoms with Crippen molar-refractivity contribution < 1.29 is 14.3 Å². The Labute approximate surface area is 133 Å². The lowest BCUT2D eigenvalue weighted by molar-refractivity contribution is -0.134. The highest BCUT2D eigenvalue weighted by molar-refractivity contribution is 5.78. The van der Waals surface area contributed by atoms with Crippen molar-refractivity contribution >= 4 is 5.91 Å². The molecule has 7 nitrogen and oxygen atoms in total. The number of carbonyl (C=O) groups excluding carboxylic acids is 1. The van der Waals surface area contributed by atoms with E-state index >= 15 is 0 Å². The van der Waals surface area contributed by atoms with Gasteiger partial charge in [-0.15, -0.1) is 0 Å². The summed E-state index contributed by atoms with van der Waals surface area (Å²) < 4.78 is 11.1. The van der Waals surface area contributed by atoms with E-state index in [1.807, 2.05) is 19.1 Å². The van der Waals surface area contributed by atoms with Crippen LogP contribution >= 0.6 is 0 Å². The molecule has 0 saturated carbocycles. The van der Waals surface area contributed by atoms with Crippen molar-refractivity contribution in [3.05, 3.63) is 45.9 Å². The van der Waals surface area contributed by atoms with E-state index in [1.165, 1.54) is 0 Å². The van der Waals surface area contributed by atoms with Gasteiger partial charge in [0.05, 0.1) is 18.7 Å². The minimum Gasteiger partial charge on any atom is -0.490 e. The number of fused-ring (bicyclic) bond motifs is 1. The third-order valence-electron chi connectivity index (χ3n) is 3.80. The molecular formula is C16H19N3O4. The van der Waals surface area contributed by atoms with Crippen molar-refractivity contribution in [2.75, 3.05) is 19.8 Å². The molecule has 0 saturated heterocycles. The average molecular weight is 317 g/mol. The highest BCUT2D eigenvalue weighted by Gasteiger charge is 2.24. The molecule has 0 bridgehead atoms. The zero-order chi connectivity index (χ0) is 16.2. The number of hydrogen-bond acceptors (Lipinski definition) is 4. The van der Waals surface area contributed by atoms with Crippen LogP contribution in [0, 0.1) is 0 Å². The molecule has 122 valence electrons. The second kappa shape index (κ2) is 6.60. The number of amides is 1. The smallest absolute Gasteiger partial charge is 0.269 e. The molecule has 3 rings (SSSR count). The maximum absolute atomic E-state index is 12.3. The molecule has 2 N–H and O–H groups in total. The van der Waals surface area contributed by atoms with Crippen LogP contribution in [-0.4, -0.2) is 40.8 Å². The normalized spacial score (nSPS) is 13.5. The number of benzene rings is 1. The first-order chi connectivity index (χ1) is 11.2. The number of aromatic amines is 2. The van der Waals surface area contributed by atoms with Gasteiger partial charge in [0, 0.05) is 18.7 Å². The monoisotopic (exact) mass is 317 g/mol. The number of para-hydroxylation sites is 2. The van der Waals surface area contributed by atoms with Crippen molar-refractivity contribution in [3.8, 4) is 11.5 Å². The number of nitrogens with zero attached hydrogens (tertiary/aromatic N) is 1. The molecule has 1 amide bonds. The lowest BCUT2D eigenvalue weighted by Gasteiger charge is -2.26. The van der Waals surface area contributed by atoms with E-state index in [0.29, 0.717) is 43.2 Å². The SMILES string of the molecule is CCOc1ccccc1OCC(=O)N1CCc2[nH][nH]c(=O)c2C1. The molecule has 0 atom stereocenters. The predicted octanol–water partition coefficient (Wildman–Crippen LogP) is 1.07. The summed E-state index contributed by atoms with van der Waals surface area (Å²) >= 11 is 0. The van der Waals surface area contributed by atoms with E-state index in [2.05, 4.69) is 10.2 Å². The topological polar surface area (TPSA) is 87.4 Å². The lowest BCUT2D eigenvalue weighted by Crippen LogP contribution is -2.40. The van der Waals surface area contributed by atoms with Crippen molar-refractivity contribution in [1.82, 2.24) is 15.1 Å². The summed E-state index contributed by atoms with van der Waals surface area (Å²) in [6.45, 7) is 3.21. The molecule has 23 heavy (non-hydrogen) atoms. The highest BCUT2D eigenvalue weighted by atomic mass is 16.5. The molecule has 2 heterocycles. The zero-order valence-electron chi connectivity index (χ0n) is 12.9. The van der Waals surface area contributed by atoms with Crippen LogP contribution in [0.15, 0.2) is 29.1 Å². The van der Waals surface area contributed by atoms with Crippen molar-refractivity contribution in [2.45, 2.75) is 19.9 Å². The van der Waals surface area contributed by atoms with Crippen LogP contribution in [0.4, 0.5) is 0 Å². The maximum atomic E-state index is 12.3. The summed E-state index contributed by atoms with van der Waals surface area (Å²) in [5.41, 5.74) is 1.33. The molecule has 7 heteroatoms. The summed E-state index contributed by atoms with van der Waals surface area (Å²) in [5.74, 6) is 1.01. The van der Waals surface area contributed by atoms with Gasteiger partial charge >= 0.3 is 0 Å². The third-order valence-corrected chi connectivity index (χ3v) is 3.80. The molecule has 0 radical (unpaired) electrons. The Hall–Kier alpha value is -2.70. The molecule has 0 spiro atoms. The molecule has 0 unspecified atom stereocenters. The van der Waals surface area contributed by atoms with Crippen LogP contribution in [0.3, 0.4) is 0 Å². The molecule has 1 aromatic heterocycles. The van der Waals surface area contributed by atoms with Crippen LogP contribution in [-0.2, 0) is 17.8 Å². The average Bonchev–Trinajstić information content (AvgIpc) is 2.95. The van der Waals surface area contributed by atoms with Gasteiger partial charge in [-0.3, -0.25) is 14.7 Å². The van der Waals surface area contributed by atoms with Gasteiger partial charge in [-0.1, -0.05) is 12.1 Å². The second-order valence-electron chi connectivity index (χ2n) is 5.27. The van der Waals surface area contributed by atoms with Crippen LogP contribution in [0.2, 0.25) is 0 Å². The minimum absolute atomic E-state index is 0.0816. The van der Waals surface area contributed by atoms with Crippen molar-refractivity contribution in [1.29, 1.82) is 0 Å². The van der Waals surface area contributed by atoms with E-state index in [0.717, 1.165) is 5.69 Å². The van der Waals surface area contributed by atoms with Crippen LogP contribution in [0.1, 0.15) is 18.2 Å². The van der Waals surface area contributed by atoms with Crippen molar-refractivity contribution in [2.24, 2.45) is 0 Å². The summed E-state index contributed by atoms with van der Waals surface area (Å²) in [5, 5.41) is 5.39. The second-order valence-corrected chi connectivity index (χ2v) is 5.27. The number of ether oxygens (including phenoxy) is 2. The molecule has 1 aliphatic heterocycles. The number of H-pyrrole nitrogens is 2. The first kappa shape index (κ1) is 15.2. The molecule has 1 aromatic carbocycles. The largest absolute Gasteiger partial charge is 0.490 e. The Morgan fingerprint density at radius 3 is 2.70 bits per heavy atom. The molecule has 2 aromatic rings. The Bertz CT molecular complexity index is 750. The zero-order valence-corrected chi connectivity index (χ0v) is 12.9. The van der Waals surface area contributed by atoms with E-state index in [4.69, 9.17) is 9.47 Å². The van der Waals surface area contributed by atoms with Crippen LogP contribution < -0.4 is 15.0 Å². The summed E-state index contributed by atoms with van der Waals surface area (Å²) in [4.78, 5) is 25.6. The molecular weight excluding hydrogens is 298 g/mol. The molecule has 1 aliphatic rings. The number of nitrogens with one attached hydrogen (secondary N) is 2. The fraction of sp³-hybridized carbons (Fsp3) is 0.375. The van der Waals surface area contributed by atoms with Crippen LogP contribution in [0.25, 0.3) is 0 Å². The first-order valence-corrected chi connectivity index (χ1v) is 7.60. The Morgan fingerprint density at radius 1 is 1.22 bits per heavy atom. The predicted molar refractivity (Wildman–Crippen MR) is 83.6 cm³/mol. The summed E-state index contributed by atoms with van der Waals surface area (Å²) in [6, 6.07) is 7.25. The number of carbonyl (C=O) groups is 1. The van der Waals surface area contributed by atoms with E-state index in [-0.39, 0.29) is 18.1 Å². The summed E-state index contributed by atoms with van der Waals surface area (Å²) in [7, 11) is 0. The lowest BCUT2D eigenvalue weighted by atomic mass is 10.1. The number of hydrogen-bond donors (Lipinski definition) is 2. The Morgan fingerprint density at radius 2 is 1.96 bits per heavy atom. The third kappa shape index (κ3) is 3.23. The Kier molecular flexibility index (Phi) is 4.36. The molecule has 0 fully saturated rings. The van der Waals surface area contributed by atoms with Crippen molar-refractivity contribution in [3.63, 3.8) is 0 Å². The van der Waals surface area contributed by atoms with Crippen LogP contribution in [0.5, 0.6) is 11.5 Å². The first-order valence-electron chi connectivity index (χ1n) is 7.60. The molecule has 0 aliphatic carbocycles. The van der Waals surface area contributed by atoms with Gasteiger partial charge in [-0.25, -0.2) is 0 Å².